The van der Waals surface area contributed by atoms with Gasteiger partial charge in [-0.3, -0.25) is 9.36 Å². The molecule has 0 radical (unpaired) electrons. The highest BCUT2D eigenvalue weighted by molar-refractivity contribution is 9.10. The fourth-order valence-corrected chi connectivity index (χ4v) is 3.29. The van der Waals surface area contributed by atoms with Crippen LogP contribution in [-0.4, -0.2) is 9.55 Å². The quantitative estimate of drug-likeness (QED) is 0.704. The van der Waals surface area contributed by atoms with E-state index in [1.165, 1.54) is 28.3 Å². The second-order valence-corrected chi connectivity index (χ2v) is 6.31. The van der Waals surface area contributed by atoms with Gasteiger partial charge < -0.3 is 0 Å². The molecule has 3 aromatic rings. The molecular weight excluding hydrogens is 343 g/mol. The Morgan fingerprint density at radius 1 is 1.45 bits per heavy atom. The van der Waals surface area contributed by atoms with Crippen molar-refractivity contribution in [2.45, 2.75) is 13.5 Å². The topological polar surface area (TPSA) is 34.9 Å². The van der Waals surface area contributed by atoms with Crippen LogP contribution >= 0.6 is 27.3 Å². The minimum absolute atomic E-state index is 0.129. The first-order valence-corrected chi connectivity index (χ1v) is 7.60. The van der Waals surface area contributed by atoms with Crippen molar-refractivity contribution >= 4 is 37.5 Å². The highest BCUT2D eigenvalue weighted by atomic mass is 79.9. The predicted octanol–water partition coefficient (Wildman–Crippen LogP) is 3.72. The molecule has 0 atom stereocenters. The largest absolute Gasteiger partial charge is 0.293 e. The van der Waals surface area contributed by atoms with Crippen LogP contribution in [0.4, 0.5) is 4.39 Å². The van der Waals surface area contributed by atoms with Crippen molar-refractivity contribution in [1.29, 1.82) is 0 Å². The molecule has 0 aliphatic heterocycles. The Balaban J connectivity index is 2.07. The fraction of sp³-hybridized carbons (Fsp3) is 0.143. The normalized spacial score (nSPS) is 11.2. The number of hydrogen-bond donors (Lipinski definition) is 0. The van der Waals surface area contributed by atoms with E-state index >= 15 is 0 Å². The van der Waals surface area contributed by atoms with Crippen LogP contribution in [0.1, 0.15) is 11.1 Å². The highest BCUT2D eigenvalue weighted by Gasteiger charge is 2.10. The number of halogens is 2. The Hall–Kier alpha value is -1.53. The lowest BCUT2D eigenvalue weighted by molar-refractivity contribution is 0.594. The van der Waals surface area contributed by atoms with Crippen molar-refractivity contribution in [3.05, 3.63) is 61.7 Å². The van der Waals surface area contributed by atoms with Crippen LogP contribution in [0.3, 0.4) is 0 Å². The molecule has 6 heteroatoms. The smallest absolute Gasteiger partial charge is 0.271 e. The second-order valence-electron chi connectivity index (χ2n) is 4.51. The molecule has 0 spiro atoms. The van der Waals surface area contributed by atoms with Crippen LogP contribution in [0.5, 0.6) is 0 Å². The maximum absolute atomic E-state index is 13.8. The van der Waals surface area contributed by atoms with Crippen LogP contribution in [0, 0.1) is 12.7 Å². The lowest BCUT2D eigenvalue weighted by Gasteiger charge is -2.07. The van der Waals surface area contributed by atoms with Crippen molar-refractivity contribution in [2.75, 3.05) is 0 Å². The summed E-state index contributed by atoms with van der Waals surface area (Å²) in [5.74, 6) is -0.339. The van der Waals surface area contributed by atoms with Gasteiger partial charge in [-0.05, 0) is 30.0 Å². The fourth-order valence-electron chi connectivity index (χ4n) is 2.01. The van der Waals surface area contributed by atoms with E-state index in [1.807, 2.05) is 12.3 Å². The molecule has 0 saturated heterocycles. The first-order chi connectivity index (χ1) is 9.56. The number of nitrogens with zero attached hydrogens (tertiary/aromatic N) is 2. The third-order valence-electron chi connectivity index (χ3n) is 3.08. The monoisotopic (exact) mass is 352 g/mol. The molecule has 0 fully saturated rings. The Labute approximate surface area is 126 Å². The highest BCUT2D eigenvalue weighted by Crippen LogP contribution is 2.20. The lowest BCUT2D eigenvalue weighted by atomic mass is 10.2. The van der Waals surface area contributed by atoms with Gasteiger partial charge in [-0.1, -0.05) is 22.0 Å². The van der Waals surface area contributed by atoms with Gasteiger partial charge >= 0.3 is 0 Å². The molecule has 0 aliphatic rings. The van der Waals surface area contributed by atoms with E-state index in [4.69, 9.17) is 0 Å². The Kier molecular flexibility index (Phi) is 3.43. The molecule has 3 nitrogen and oxygen atoms in total. The van der Waals surface area contributed by atoms with Crippen LogP contribution in [-0.2, 0) is 6.54 Å². The third kappa shape index (κ3) is 2.29. The molecule has 0 bridgehead atoms. The minimum Gasteiger partial charge on any atom is -0.293 e. The van der Waals surface area contributed by atoms with Gasteiger partial charge in [0.15, 0.2) is 0 Å². The van der Waals surface area contributed by atoms with Gasteiger partial charge in [0.05, 0.1) is 18.4 Å². The average Bonchev–Trinajstić information content (AvgIpc) is 2.78. The summed E-state index contributed by atoms with van der Waals surface area (Å²) in [6.45, 7) is 2.10. The Morgan fingerprint density at radius 3 is 3.00 bits per heavy atom. The van der Waals surface area contributed by atoms with Crippen molar-refractivity contribution in [1.82, 2.24) is 9.55 Å². The summed E-state index contributed by atoms with van der Waals surface area (Å²) in [6, 6.07) is 4.81. The molecule has 1 aromatic carbocycles. The molecular formula is C14H10BrFN2OS. The van der Waals surface area contributed by atoms with Crippen molar-refractivity contribution in [2.24, 2.45) is 0 Å². The van der Waals surface area contributed by atoms with Crippen molar-refractivity contribution in [3.8, 4) is 0 Å². The SMILES string of the molecule is Cc1csc2c(=O)n(Cc3ccc(Br)cc3F)cnc12. The Morgan fingerprint density at radius 2 is 2.25 bits per heavy atom. The number of aromatic nitrogens is 2. The number of hydrogen-bond acceptors (Lipinski definition) is 3. The van der Waals surface area contributed by atoms with Gasteiger partial charge in [0.25, 0.3) is 5.56 Å². The van der Waals surface area contributed by atoms with Crippen LogP contribution in [0.2, 0.25) is 0 Å². The van der Waals surface area contributed by atoms with E-state index in [9.17, 15) is 9.18 Å². The zero-order chi connectivity index (χ0) is 14.3. The molecule has 0 aliphatic carbocycles. The zero-order valence-corrected chi connectivity index (χ0v) is 13.0. The molecule has 20 heavy (non-hydrogen) atoms. The maximum atomic E-state index is 13.8. The zero-order valence-electron chi connectivity index (χ0n) is 10.6. The molecule has 2 heterocycles. The van der Waals surface area contributed by atoms with Crippen LogP contribution in [0.15, 0.2) is 39.2 Å². The maximum Gasteiger partial charge on any atom is 0.271 e. The number of rotatable bonds is 2. The van der Waals surface area contributed by atoms with Gasteiger partial charge in [0, 0.05) is 10.0 Å². The van der Waals surface area contributed by atoms with E-state index < -0.39 is 0 Å². The number of aryl methyl sites for hydroxylation is 1. The Bertz CT molecular complexity index is 856. The van der Waals surface area contributed by atoms with Gasteiger partial charge in [-0.2, -0.15) is 0 Å². The first-order valence-electron chi connectivity index (χ1n) is 5.93. The summed E-state index contributed by atoms with van der Waals surface area (Å²) < 4.78 is 16.5. The van der Waals surface area contributed by atoms with Crippen molar-refractivity contribution < 1.29 is 4.39 Å². The molecule has 0 N–H and O–H groups in total. The van der Waals surface area contributed by atoms with Gasteiger partial charge in [0.1, 0.15) is 10.5 Å². The van der Waals surface area contributed by atoms with E-state index in [0.717, 1.165) is 11.1 Å². The molecule has 2 aromatic heterocycles. The molecule has 0 unspecified atom stereocenters. The van der Waals surface area contributed by atoms with E-state index in [1.54, 1.807) is 12.1 Å². The summed E-state index contributed by atoms with van der Waals surface area (Å²) in [6.07, 6.45) is 1.48. The van der Waals surface area contributed by atoms with E-state index in [2.05, 4.69) is 20.9 Å². The van der Waals surface area contributed by atoms with Gasteiger partial charge in [-0.15, -0.1) is 11.3 Å². The first kappa shape index (κ1) is 13.5. The number of thiophene rings is 1. The minimum atomic E-state index is -0.339. The molecule has 0 saturated carbocycles. The van der Waals surface area contributed by atoms with Crippen molar-refractivity contribution in [3.63, 3.8) is 0 Å². The summed E-state index contributed by atoms with van der Waals surface area (Å²) in [7, 11) is 0. The van der Waals surface area contributed by atoms with Crippen LogP contribution < -0.4 is 5.56 Å². The molecule has 102 valence electrons. The lowest BCUT2D eigenvalue weighted by Crippen LogP contribution is -2.20. The summed E-state index contributed by atoms with van der Waals surface area (Å²) in [4.78, 5) is 16.6. The van der Waals surface area contributed by atoms with Gasteiger partial charge in [0.2, 0.25) is 0 Å². The van der Waals surface area contributed by atoms with E-state index in [0.29, 0.717) is 14.7 Å². The molecule has 0 amide bonds. The predicted molar refractivity (Wildman–Crippen MR) is 81.8 cm³/mol. The second kappa shape index (κ2) is 5.10. The standard InChI is InChI=1S/C14H10BrFN2OS/c1-8-6-20-13-12(8)17-7-18(14(13)19)5-9-2-3-10(15)4-11(9)16/h2-4,6-7H,5H2,1H3. The molecule has 3 rings (SSSR count). The summed E-state index contributed by atoms with van der Waals surface area (Å²) in [5.41, 5.74) is 2.05. The average molecular weight is 353 g/mol. The van der Waals surface area contributed by atoms with Gasteiger partial charge in [-0.25, -0.2) is 9.37 Å². The summed E-state index contributed by atoms with van der Waals surface area (Å²) >= 11 is 4.59. The van der Waals surface area contributed by atoms with Crippen LogP contribution in [0.25, 0.3) is 10.2 Å². The third-order valence-corrected chi connectivity index (χ3v) is 4.65. The van der Waals surface area contributed by atoms with E-state index in [-0.39, 0.29) is 17.9 Å². The number of fused-ring (bicyclic) bond motifs is 1. The number of benzene rings is 1. The summed E-state index contributed by atoms with van der Waals surface area (Å²) in [5, 5.41) is 1.91.